The van der Waals surface area contributed by atoms with E-state index in [9.17, 15) is 8.42 Å². The monoisotopic (exact) mass is 514 g/mol. The van der Waals surface area contributed by atoms with Crippen molar-refractivity contribution in [2.45, 2.75) is 13.2 Å². The molecule has 0 saturated carbocycles. The molecule has 0 saturated heterocycles. The van der Waals surface area contributed by atoms with E-state index in [0.717, 1.165) is 11.0 Å². The molecule has 0 bridgehead atoms. The highest BCUT2D eigenvalue weighted by molar-refractivity contribution is 7.95. The van der Waals surface area contributed by atoms with Crippen molar-refractivity contribution in [2.24, 2.45) is 0 Å². The summed E-state index contributed by atoms with van der Waals surface area (Å²) in [7, 11) is -3.72. The van der Waals surface area contributed by atoms with E-state index in [1.807, 2.05) is 24.3 Å². The summed E-state index contributed by atoms with van der Waals surface area (Å²) in [5.41, 5.74) is 2.70. The van der Waals surface area contributed by atoms with Crippen LogP contribution < -0.4 is 9.46 Å². The van der Waals surface area contributed by atoms with Crippen molar-refractivity contribution < 1.29 is 13.2 Å². The van der Waals surface area contributed by atoms with Crippen LogP contribution >= 0.6 is 23.2 Å². The summed E-state index contributed by atoms with van der Waals surface area (Å²) < 4.78 is 34.8. The maximum atomic E-state index is 12.4. The first-order valence-electron chi connectivity index (χ1n) is 10.2. The van der Waals surface area contributed by atoms with Crippen LogP contribution in [0.4, 0.5) is 5.69 Å². The maximum absolute atomic E-state index is 12.4. The zero-order valence-electron chi connectivity index (χ0n) is 17.8. The molecule has 0 radical (unpaired) electrons. The van der Waals surface area contributed by atoms with Crippen molar-refractivity contribution in [3.05, 3.63) is 111 Å². The maximum Gasteiger partial charge on any atom is 0.255 e. The van der Waals surface area contributed by atoms with E-state index in [4.69, 9.17) is 27.9 Å². The molecule has 34 heavy (non-hydrogen) atoms. The molecule has 0 aliphatic carbocycles. The predicted molar refractivity (Wildman–Crippen MR) is 134 cm³/mol. The fourth-order valence-electron chi connectivity index (χ4n) is 3.09. The van der Waals surface area contributed by atoms with Gasteiger partial charge in [-0.05, 0) is 53.6 Å². The Morgan fingerprint density at radius 1 is 0.971 bits per heavy atom. The summed E-state index contributed by atoms with van der Waals surface area (Å²) in [6.07, 6.45) is 3.26. The Morgan fingerprint density at radius 3 is 2.53 bits per heavy atom. The van der Waals surface area contributed by atoms with Gasteiger partial charge in [-0.25, -0.2) is 13.1 Å². The number of hydrogen-bond acceptors (Lipinski definition) is 5. The molecule has 0 unspecified atom stereocenters. The standard InChI is InChI=1S/C24H20Cl2N4O3S/c25-20-6-1-4-18(12-20)10-11-34(31,32)28-22-8-3-9-24(14-22)33-17-23-16-30(29-27-23)15-19-5-2-7-21(26)13-19/h1-14,16,28H,15,17H2/b11-10+. The number of anilines is 1. The Labute approximate surface area is 207 Å². The van der Waals surface area contributed by atoms with Gasteiger partial charge in [0.05, 0.1) is 23.8 Å². The van der Waals surface area contributed by atoms with Crippen LogP contribution in [0.5, 0.6) is 5.75 Å². The van der Waals surface area contributed by atoms with Gasteiger partial charge in [-0.1, -0.05) is 58.7 Å². The van der Waals surface area contributed by atoms with Gasteiger partial charge in [-0.2, -0.15) is 0 Å². The van der Waals surface area contributed by atoms with Crippen molar-refractivity contribution in [2.75, 3.05) is 4.72 Å². The van der Waals surface area contributed by atoms with E-state index in [0.29, 0.717) is 39.3 Å². The Hall–Kier alpha value is -3.33. The molecule has 1 heterocycles. The van der Waals surface area contributed by atoms with Gasteiger partial charge >= 0.3 is 0 Å². The van der Waals surface area contributed by atoms with E-state index >= 15 is 0 Å². The van der Waals surface area contributed by atoms with Gasteiger partial charge in [0.15, 0.2) is 0 Å². The largest absolute Gasteiger partial charge is 0.487 e. The lowest BCUT2D eigenvalue weighted by molar-refractivity contribution is 0.301. The second-order valence-corrected chi connectivity index (χ2v) is 9.80. The number of halogens is 2. The van der Waals surface area contributed by atoms with Crippen LogP contribution in [-0.2, 0) is 23.2 Å². The Balaban J connectivity index is 1.35. The highest BCUT2D eigenvalue weighted by Gasteiger charge is 2.08. The van der Waals surface area contributed by atoms with Gasteiger partial charge < -0.3 is 4.74 Å². The molecule has 0 fully saturated rings. The van der Waals surface area contributed by atoms with E-state index in [-0.39, 0.29) is 6.61 Å². The highest BCUT2D eigenvalue weighted by atomic mass is 35.5. The number of rotatable bonds is 9. The van der Waals surface area contributed by atoms with Gasteiger partial charge in [-0.3, -0.25) is 4.72 Å². The van der Waals surface area contributed by atoms with Crippen molar-refractivity contribution in [3.8, 4) is 5.75 Å². The Morgan fingerprint density at radius 2 is 1.74 bits per heavy atom. The lowest BCUT2D eigenvalue weighted by Gasteiger charge is -2.08. The lowest BCUT2D eigenvalue weighted by atomic mass is 10.2. The fraction of sp³-hybridized carbons (Fsp3) is 0.0833. The minimum atomic E-state index is -3.72. The number of ether oxygens (including phenoxy) is 1. The zero-order valence-corrected chi connectivity index (χ0v) is 20.1. The van der Waals surface area contributed by atoms with Gasteiger partial charge in [0.1, 0.15) is 18.1 Å². The van der Waals surface area contributed by atoms with Crippen LogP contribution in [0.25, 0.3) is 6.08 Å². The molecule has 1 aromatic heterocycles. The molecule has 4 aromatic rings. The molecule has 0 atom stereocenters. The van der Waals surface area contributed by atoms with E-state index in [2.05, 4.69) is 15.0 Å². The third-order valence-corrected chi connectivity index (χ3v) is 6.07. The van der Waals surface area contributed by atoms with Crippen molar-refractivity contribution >= 4 is 45.0 Å². The Bertz CT molecular complexity index is 1420. The van der Waals surface area contributed by atoms with Crippen molar-refractivity contribution in [1.82, 2.24) is 15.0 Å². The van der Waals surface area contributed by atoms with Gasteiger partial charge in [0, 0.05) is 16.1 Å². The minimum Gasteiger partial charge on any atom is -0.487 e. The van der Waals surface area contributed by atoms with Crippen molar-refractivity contribution in [3.63, 3.8) is 0 Å². The first-order chi connectivity index (χ1) is 16.3. The van der Waals surface area contributed by atoms with Crippen LogP contribution in [0, 0.1) is 0 Å². The summed E-state index contributed by atoms with van der Waals surface area (Å²) in [6, 6.07) is 21.1. The molecule has 0 amide bonds. The van der Waals surface area contributed by atoms with Crippen LogP contribution in [0.2, 0.25) is 10.0 Å². The molecule has 10 heteroatoms. The third kappa shape index (κ3) is 7.08. The summed E-state index contributed by atoms with van der Waals surface area (Å²) in [6.45, 7) is 0.716. The fourth-order valence-corrected chi connectivity index (χ4v) is 4.36. The molecule has 0 aliphatic heterocycles. The molecule has 0 spiro atoms. The minimum absolute atomic E-state index is 0.181. The molecular weight excluding hydrogens is 495 g/mol. The number of sulfonamides is 1. The molecule has 0 aliphatic rings. The second-order valence-electron chi connectivity index (χ2n) is 7.36. The number of nitrogens with zero attached hydrogens (tertiary/aromatic N) is 3. The van der Waals surface area contributed by atoms with E-state index < -0.39 is 10.0 Å². The quantitative estimate of drug-likeness (QED) is 0.313. The summed E-state index contributed by atoms with van der Waals surface area (Å²) in [4.78, 5) is 0. The first kappa shape index (κ1) is 23.8. The number of nitrogens with one attached hydrogen (secondary N) is 1. The van der Waals surface area contributed by atoms with E-state index in [1.165, 1.54) is 6.08 Å². The predicted octanol–water partition coefficient (Wildman–Crippen LogP) is 5.62. The molecule has 4 rings (SSSR count). The van der Waals surface area contributed by atoms with Crippen LogP contribution in [0.15, 0.2) is 84.4 Å². The smallest absolute Gasteiger partial charge is 0.255 e. The van der Waals surface area contributed by atoms with E-state index in [1.54, 1.807) is 59.4 Å². The topological polar surface area (TPSA) is 86.1 Å². The van der Waals surface area contributed by atoms with Crippen LogP contribution in [-0.4, -0.2) is 23.4 Å². The van der Waals surface area contributed by atoms with Crippen molar-refractivity contribution in [1.29, 1.82) is 0 Å². The van der Waals surface area contributed by atoms with Crippen LogP contribution in [0.3, 0.4) is 0 Å². The first-order valence-corrected chi connectivity index (χ1v) is 12.5. The average Bonchev–Trinajstić information content (AvgIpc) is 3.24. The summed E-state index contributed by atoms with van der Waals surface area (Å²) in [5.74, 6) is 0.489. The highest BCUT2D eigenvalue weighted by Crippen LogP contribution is 2.20. The van der Waals surface area contributed by atoms with Gasteiger partial charge in [-0.15, -0.1) is 5.10 Å². The van der Waals surface area contributed by atoms with Crippen LogP contribution in [0.1, 0.15) is 16.8 Å². The van der Waals surface area contributed by atoms with Gasteiger partial charge in [0.25, 0.3) is 10.0 Å². The Kier molecular flexibility index (Phi) is 7.52. The lowest BCUT2D eigenvalue weighted by Crippen LogP contribution is -2.09. The van der Waals surface area contributed by atoms with Gasteiger partial charge in [0.2, 0.25) is 0 Å². The number of aromatic nitrogens is 3. The molecule has 7 nitrogen and oxygen atoms in total. The third-order valence-electron chi connectivity index (χ3n) is 4.59. The average molecular weight is 515 g/mol. The second kappa shape index (κ2) is 10.7. The number of benzene rings is 3. The number of hydrogen-bond donors (Lipinski definition) is 1. The molecular formula is C24H20Cl2N4O3S. The SMILES string of the molecule is O=S(=O)(/C=C/c1cccc(Cl)c1)Nc1cccc(OCc2cn(Cc3cccc(Cl)c3)nn2)c1. The molecule has 3 aromatic carbocycles. The summed E-state index contributed by atoms with van der Waals surface area (Å²) in [5, 5.41) is 10.5. The molecule has 1 N–H and O–H groups in total. The zero-order chi connectivity index (χ0) is 24.0. The normalized spacial score (nSPS) is 11.6. The summed E-state index contributed by atoms with van der Waals surface area (Å²) >= 11 is 12.0. The molecule has 174 valence electrons.